The van der Waals surface area contributed by atoms with Crippen molar-refractivity contribution < 1.29 is 65.4 Å². The second kappa shape index (κ2) is 7.50. The minimum absolute atomic E-state index is 0. The molecule has 0 bridgehead atoms. The fourth-order valence-corrected chi connectivity index (χ4v) is 2.53. The summed E-state index contributed by atoms with van der Waals surface area (Å²) in [7, 11) is 0. The van der Waals surface area contributed by atoms with Gasteiger partial charge in [-0.15, -0.1) is 39.7 Å². The van der Waals surface area contributed by atoms with Crippen molar-refractivity contribution in [2.45, 2.75) is 26.7 Å². The third-order valence-electron chi connectivity index (χ3n) is 3.65. The first-order valence-corrected chi connectivity index (χ1v) is 6.42. The normalized spacial score (nSPS) is 10.2. The monoisotopic (exact) mass is 399 g/mol. The Bertz CT molecular complexity index is 622. The number of hydrogen-bond donors (Lipinski definition) is 0. The predicted octanol–water partition coefficient (Wildman–Crippen LogP) is 4.83. The van der Waals surface area contributed by atoms with Gasteiger partial charge in [-0.05, 0) is 12.8 Å². The number of hydrogen-bond acceptors (Lipinski definition) is 0. The first kappa shape index (κ1) is 17.6. The maximum Gasteiger partial charge on any atom is 0 e. The van der Waals surface area contributed by atoms with Gasteiger partial charge in [0.25, 0.3) is 0 Å². The van der Waals surface area contributed by atoms with Crippen molar-refractivity contribution in [3.8, 4) is 0 Å². The van der Waals surface area contributed by atoms with E-state index < -0.39 is 0 Å². The zero-order valence-electron chi connectivity index (χ0n) is 11.6. The standard InChI is InChI=1S/C17H17.2Y/c1-3-12-5-7-14-11-15-8-6-13(4-2)10-17(15)16(14)9-12;;/h5-11H,3-4H2,1-2H3;;/q-1;;. The topological polar surface area (TPSA) is 0 Å². The Balaban J connectivity index is 0.000000902. The van der Waals surface area contributed by atoms with E-state index in [1.165, 1.54) is 32.7 Å². The molecule has 0 nitrogen and oxygen atoms in total. The first-order valence-electron chi connectivity index (χ1n) is 6.42. The fraction of sp³-hybridized carbons (Fsp3) is 0.235. The van der Waals surface area contributed by atoms with Gasteiger partial charge in [0.2, 0.25) is 0 Å². The summed E-state index contributed by atoms with van der Waals surface area (Å²) in [5, 5.41) is 5.56. The fourth-order valence-electron chi connectivity index (χ4n) is 2.53. The van der Waals surface area contributed by atoms with E-state index in [0.717, 1.165) is 12.8 Å². The summed E-state index contributed by atoms with van der Waals surface area (Å²) in [6.45, 7) is 4.42. The van der Waals surface area contributed by atoms with Crippen LogP contribution in [-0.2, 0) is 78.3 Å². The molecular formula is C17H17Y2-. The molecule has 0 amide bonds. The van der Waals surface area contributed by atoms with Gasteiger partial charge >= 0.3 is 0 Å². The second-order valence-electron chi connectivity index (χ2n) is 4.69. The van der Waals surface area contributed by atoms with E-state index in [1.807, 2.05) is 0 Å². The summed E-state index contributed by atoms with van der Waals surface area (Å²) in [6.07, 6.45) is 2.21. The summed E-state index contributed by atoms with van der Waals surface area (Å²) >= 11 is 0. The maximum atomic E-state index is 2.34. The predicted molar refractivity (Wildman–Crippen MR) is 75.8 cm³/mol. The van der Waals surface area contributed by atoms with Gasteiger partial charge in [0.1, 0.15) is 0 Å². The molecule has 0 heterocycles. The van der Waals surface area contributed by atoms with Crippen LogP contribution < -0.4 is 0 Å². The van der Waals surface area contributed by atoms with Crippen LogP contribution in [0, 0.1) is 0 Å². The molecule has 0 N–H and O–H groups in total. The average molecular weight is 399 g/mol. The van der Waals surface area contributed by atoms with Crippen LogP contribution in [0.1, 0.15) is 25.0 Å². The summed E-state index contributed by atoms with van der Waals surface area (Å²) in [5.74, 6) is 0. The molecule has 0 spiro atoms. The number of aryl methyl sites for hydroxylation is 2. The minimum atomic E-state index is 0. The van der Waals surface area contributed by atoms with E-state index in [9.17, 15) is 0 Å². The van der Waals surface area contributed by atoms with Gasteiger partial charge in [0.15, 0.2) is 0 Å². The molecule has 3 rings (SSSR count). The Labute approximate surface area is 165 Å². The molecule has 0 aliphatic rings. The number of rotatable bonds is 2. The van der Waals surface area contributed by atoms with E-state index >= 15 is 0 Å². The van der Waals surface area contributed by atoms with E-state index in [0.29, 0.717) is 0 Å². The molecule has 3 aromatic carbocycles. The summed E-state index contributed by atoms with van der Waals surface area (Å²) in [5.41, 5.74) is 2.85. The molecule has 0 saturated carbocycles. The van der Waals surface area contributed by atoms with Gasteiger partial charge in [-0.2, -0.15) is 0 Å². The van der Waals surface area contributed by atoms with Crippen molar-refractivity contribution in [3.63, 3.8) is 0 Å². The van der Waals surface area contributed by atoms with Crippen molar-refractivity contribution in [1.82, 2.24) is 0 Å². The Hall–Kier alpha value is 0.518. The van der Waals surface area contributed by atoms with Gasteiger partial charge in [0, 0.05) is 65.4 Å². The largest absolute Gasteiger partial charge is 0.126 e. The zero-order chi connectivity index (χ0) is 11.8. The average Bonchev–Trinajstić information content (AvgIpc) is 2.75. The van der Waals surface area contributed by atoms with Crippen molar-refractivity contribution in [2.24, 2.45) is 0 Å². The van der Waals surface area contributed by atoms with Crippen LogP contribution in [0.5, 0.6) is 0 Å². The Morgan fingerprint density at radius 2 is 1.16 bits per heavy atom. The van der Waals surface area contributed by atoms with Gasteiger partial charge in [-0.25, -0.2) is 0 Å². The third-order valence-corrected chi connectivity index (χ3v) is 3.65. The summed E-state index contributed by atoms with van der Waals surface area (Å²) in [4.78, 5) is 0. The molecule has 0 aromatic heterocycles. The van der Waals surface area contributed by atoms with Crippen LogP contribution in [0.4, 0.5) is 0 Å². The summed E-state index contributed by atoms with van der Waals surface area (Å²) < 4.78 is 0. The molecule has 0 aliphatic heterocycles. The van der Waals surface area contributed by atoms with Crippen LogP contribution in [0.15, 0.2) is 42.5 Å². The van der Waals surface area contributed by atoms with Gasteiger partial charge < -0.3 is 0 Å². The van der Waals surface area contributed by atoms with E-state index in [4.69, 9.17) is 0 Å². The van der Waals surface area contributed by atoms with Crippen LogP contribution in [0.3, 0.4) is 0 Å². The molecule has 0 fully saturated rings. The molecule has 19 heavy (non-hydrogen) atoms. The van der Waals surface area contributed by atoms with Crippen molar-refractivity contribution in [2.75, 3.05) is 0 Å². The third kappa shape index (κ3) is 3.41. The molecule has 92 valence electrons. The van der Waals surface area contributed by atoms with Gasteiger partial charge in [-0.3, -0.25) is 0 Å². The van der Waals surface area contributed by atoms with Gasteiger partial charge in [-0.1, -0.05) is 49.2 Å². The van der Waals surface area contributed by atoms with Crippen LogP contribution in [-0.4, -0.2) is 0 Å². The zero-order valence-corrected chi connectivity index (χ0v) is 17.3. The van der Waals surface area contributed by atoms with Crippen molar-refractivity contribution >= 4 is 21.5 Å². The Morgan fingerprint density at radius 3 is 1.53 bits per heavy atom. The minimum Gasteiger partial charge on any atom is -0.126 e. The molecule has 2 heteroatoms. The van der Waals surface area contributed by atoms with Gasteiger partial charge in [0.05, 0.1) is 0 Å². The maximum absolute atomic E-state index is 2.34. The molecule has 0 aliphatic carbocycles. The van der Waals surface area contributed by atoms with E-state index in [1.54, 1.807) is 0 Å². The molecule has 0 atom stereocenters. The first-order chi connectivity index (χ1) is 8.31. The van der Waals surface area contributed by atoms with Crippen LogP contribution in [0.2, 0.25) is 0 Å². The molecule has 2 radical (unpaired) electrons. The number of benzene rings is 2. The summed E-state index contributed by atoms with van der Waals surface area (Å²) in [6, 6.07) is 16.0. The van der Waals surface area contributed by atoms with E-state index in [2.05, 4.69) is 56.3 Å². The van der Waals surface area contributed by atoms with Crippen molar-refractivity contribution in [3.05, 3.63) is 53.6 Å². The Morgan fingerprint density at radius 1 is 0.737 bits per heavy atom. The molecule has 3 aromatic rings. The molecular weight excluding hydrogens is 382 g/mol. The quantitative estimate of drug-likeness (QED) is 0.542. The van der Waals surface area contributed by atoms with E-state index in [-0.39, 0.29) is 65.4 Å². The van der Waals surface area contributed by atoms with Crippen molar-refractivity contribution in [1.29, 1.82) is 0 Å². The smallest absolute Gasteiger partial charge is 0 e. The molecule has 0 unspecified atom stereocenters. The Kier molecular flexibility index (Phi) is 6.94. The van der Waals surface area contributed by atoms with Crippen LogP contribution in [0.25, 0.3) is 21.5 Å². The van der Waals surface area contributed by atoms with Crippen LogP contribution >= 0.6 is 0 Å². The SMILES string of the molecule is CCc1ccc2[cH-]c3ccc(CC)cc3c2c1.[Y].[Y]. The number of fused-ring (bicyclic) bond motifs is 3. The molecule has 0 saturated heterocycles. The second-order valence-corrected chi connectivity index (χ2v) is 4.69.